The molecule has 0 aliphatic carbocycles. The molecule has 0 rings (SSSR count). The monoisotopic (exact) mass is 719 g/mol. The number of carboxylic acids is 1. The first-order valence-corrected chi connectivity index (χ1v) is 20.7. The number of carbonyl (C=O) groups excluding carboxylic acids is 2. The van der Waals surface area contributed by atoms with Crippen LogP contribution in [0.1, 0.15) is 174 Å². The summed E-state index contributed by atoms with van der Waals surface area (Å²) in [5, 5.41) is 21.7. The van der Waals surface area contributed by atoms with Crippen molar-refractivity contribution in [3.8, 4) is 0 Å². The molecule has 0 spiro atoms. The van der Waals surface area contributed by atoms with E-state index < -0.39 is 57.6 Å². The first kappa shape index (κ1) is 47.2. The smallest absolute Gasteiger partial charge is 0.472 e. The first-order chi connectivity index (χ1) is 23.6. The van der Waals surface area contributed by atoms with Gasteiger partial charge in [0, 0.05) is 12.8 Å². The number of hydrogen-bond acceptors (Lipinski definition) is 8. The van der Waals surface area contributed by atoms with Crippen LogP contribution in [0.4, 0.5) is 0 Å². The van der Waals surface area contributed by atoms with Crippen LogP contribution in [0.25, 0.3) is 0 Å². The minimum absolute atomic E-state index is 0.150. The predicted molar refractivity (Wildman–Crippen MR) is 194 cm³/mol. The van der Waals surface area contributed by atoms with Crippen LogP contribution in [0.15, 0.2) is 12.2 Å². The fourth-order valence-electron chi connectivity index (χ4n) is 5.26. The van der Waals surface area contributed by atoms with Gasteiger partial charge in [-0.3, -0.25) is 18.6 Å². The van der Waals surface area contributed by atoms with Crippen LogP contribution in [0, 0.1) is 0 Å². The number of carbonyl (C=O) groups is 3. The Hall–Kier alpha value is -1.78. The molecule has 3 atom stereocenters. The molecule has 0 saturated carbocycles. The summed E-state index contributed by atoms with van der Waals surface area (Å²) >= 11 is 0. The number of phosphoric acid groups is 1. The van der Waals surface area contributed by atoms with Crippen molar-refractivity contribution in [2.75, 3.05) is 19.8 Å². The number of ether oxygens (including phenoxy) is 1. The molecule has 1 amide bonds. The van der Waals surface area contributed by atoms with E-state index >= 15 is 0 Å². The second-order valence-electron chi connectivity index (χ2n) is 13.1. The van der Waals surface area contributed by atoms with Gasteiger partial charge >= 0.3 is 19.8 Å². The van der Waals surface area contributed by atoms with Crippen molar-refractivity contribution >= 4 is 25.7 Å². The first-order valence-electron chi connectivity index (χ1n) is 19.2. The number of aliphatic carboxylic acids is 1. The molecule has 11 nitrogen and oxygen atoms in total. The number of carboxylic acid groups (broad SMARTS) is 1. The third-order valence-corrected chi connectivity index (χ3v) is 9.24. The maximum absolute atomic E-state index is 12.3. The van der Waals surface area contributed by atoms with Gasteiger partial charge in [0.1, 0.15) is 12.7 Å². The molecular formula is C37H70NO10P. The summed E-state index contributed by atoms with van der Waals surface area (Å²) in [6.07, 6.45) is 29.6. The Morgan fingerprint density at radius 1 is 0.633 bits per heavy atom. The maximum Gasteiger partial charge on any atom is 0.472 e. The molecule has 49 heavy (non-hydrogen) atoms. The highest BCUT2D eigenvalue weighted by Crippen LogP contribution is 2.43. The minimum atomic E-state index is -4.74. The number of nitrogens with one attached hydrogen (secondary N) is 1. The van der Waals surface area contributed by atoms with Crippen LogP contribution in [-0.2, 0) is 32.7 Å². The Balaban J connectivity index is 3.95. The van der Waals surface area contributed by atoms with Crippen LogP contribution < -0.4 is 5.32 Å². The SMILES string of the molecule is CCC/C=C\CCCCCCCC(=O)OCC(O)COP(=O)(O)OCC(NC(=O)CCCCCCCCCCCCCCCCC)C(=O)O. The van der Waals surface area contributed by atoms with Crippen LogP contribution >= 0.6 is 7.82 Å². The Morgan fingerprint density at radius 3 is 1.63 bits per heavy atom. The van der Waals surface area contributed by atoms with Gasteiger partial charge in [0.25, 0.3) is 0 Å². The number of allylic oxidation sites excluding steroid dienone is 2. The Morgan fingerprint density at radius 2 is 1.10 bits per heavy atom. The van der Waals surface area contributed by atoms with Gasteiger partial charge in [0.2, 0.25) is 5.91 Å². The van der Waals surface area contributed by atoms with Gasteiger partial charge in [-0.1, -0.05) is 142 Å². The van der Waals surface area contributed by atoms with Crippen molar-refractivity contribution in [2.24, 2.45) is 0 Å². The number of aliphatic hydroxyl groups excluding tert-OH is 1. The molecule has 0 aliphatic heterocycles. The summed E-state index contributed by atoms with van der Waals surface area (Å²) in [7, 11) is -4.74. The molecule has 0 aromatic rings. The molecule has 3 unspecified atom stereocenters. The van der Waals surface area contributed by atoms with E-state index in [1.54, 1.807) is 0 Å². The van der Waals surface area contributed by atoms with E-state index in [0.29, 0.717) is 12.8 Å². The lowest BCUT2D eigenvalue weighted by molar-refractivity contribution is -0.147. The van der Waals surface area contributed by atoms with E-state index in [1.807, 2.05) is 0 Å². The van der Waals surface area contributed by atoms with Crippen molar-refractivity contribution in [1.29, 1.82) is 0 Å². The zero-order valence-electron chi connectivity index (χ0n) is 30.8. The fraction of sp³-hybridized carbons (Fsp3) is 0.865. The van der Waals surface area contributed by atoms with E-state index in [2.05, 4.69) is 31.3 Å². The average Bonchev–Trinajstić information content (AvgIpc) is 3.07. The van der Waals surface area contributed by atoms with Gasteiger partial charge in [-0.2, -0.15) is 0 Å². The van der Waals surface area contributed by atoms with Gasteiger partial charge in [-0.25, -0.2) is 9.36 Å². The normalized spacial score (nSPS) is 14.0. The number of aliphatic hydroxyl groups is 1. The molecule has 0 saturated heterocycles. The van der Waals surface area contributed by atoms with Crippen molar-refractivity contribution in [3.63, 3.8) is 0 Å². The highest BCUT2D eigenvalue weighted by atomic mass is 31.2. The lowest BCUT2D eigenvalue weighted by Crippen LogP contribution is -2.43. The topological polar surface area (TPSA) is 169 Å². The molecule has 0 radical (unpaired) electrons. The van der Waals surface area contributed by atoms with Crippen molar-refractivity contribution in [3.05, 3.63) is 12.2 Å². The predicted octanol–water partition coefficient (Wildman–Crippen LogP) is 8.94. The van der Waals surface area contributed by atoms with Crippen molar-refractivity contribution < 1.29 is 47.8 Å². The lowest BCUT2D eigenvalue weighted by Gasteiger charge is -2.18. The average molecular weight is 720 g/mol. The molecule has 0 bridgehead atoms. The Bertz CT molecular complexity index is 900. The number of amides is 1. The second-order valence-corrected chi connectivity index (χ2v) is 14.6. The van der Waals surface area contributed by atoms with Gasteiger partial charge < -0.3 is 25.2 Å². The number of hydrogen-bond donors (Lipinski definition) is 4. The molecular weight excluding hydrogens is 649 g/mol. The summed E-state index contributed by atoms with van der Waals surface area (Å²) < 4.78 is 26.7. The summed E-state index contributed by atoms with van der Waals surface area (Å²) in [4.78, 5) is 45.6. The van der Waals surface area contributed by atoms with E-state index in [1.165, 1.54) is 70.6 Å². The second kappa shape index (κ2) is 33.4. The third kappa shape index (κ3) is 33.1. The van der Waals surface area contributed by atoms with E-state index in [9.17, 15) is 34.1 Å². The van der Waals surface area contributed by atoms with Crippen LogP contribution in [0.5, 0.6) is 0 Å². The number of rotatable bonds is 36. The van der Waals surface area contributed by atoms with Gasteiger partial charge in [0.15, 0.2) is 6.04 Å². The molecule has 288 valence electrons. The largest absolute Gasteiger partial charge is 0.480 e. The van der Waals surface area contributed by atoms with Gasteiger partial charge in [-0.15, -0.1) is 0 Å². The molecule has 0 fully saturated rings. The number of esters is 1. The molecule has 0 aromatic heterocycles. The third-order valence-electron chi connectivity index (χ3n) is 8.29. The molecule has 0 heterocycles. The van der Waals surface area contributed by atoms with Crippen molar-refractivity contribution in [1.82, 2.24) is 5.32 Å². The highest BCUT2D eigenvalue weighted by Gasteiger charge is 2.28. The van der Waals surface area contributed by atoms with Crippen LogP contribution in [-0.4, -0.2) is 64.9 Å². The zero-order valence-corrected chi connectivity index (χ0v) is 31.6. The molecule has 0 aliphatic rings. The standard InChI is InChI=1S/C37H70NO10P/c1-3-5-7-9-11-13-15-16-17-18-19-20-22-24-26-28-35(40)38-34(37(42)43)32-48-49(44,45)47-31-33(39)30-46-36(41)29-27-25-23-21-14-12-10-8-6-4-2/h8,10,33-34,39H,3-7,9,11-32H2,1-2H3,(H,38,40)(H,42,43)(H,44,45)/b10-8-. The van der Waals surface area contributed by atoms with E-state index in [0.717, 1.165) is 64.2 Å². The highest BCUT2D eigenvalue weighted by molar-refractivity contribution is 7.47. The fourth-order valence-corrected chi connectivity index (χ4v) is 6.03. The van der Waals surface area contributed by atoms with E-state index in [4.69, 9.17) is 13.8 Å². The Labute approximate surface area is 296 Å². The lowest BCUT2D eigenvalue weighted by atomic mass is 10.0. The summed E-state index contributed by atoms with van der Waals surface area (Å²) in [5.74, 6) is -2.38. The summed E-state index contributed by atoms with van der Waals surface area (Å²) in [5.41, 5.74) is 0. The van der Waals surface area contributed by atoms with Gasteiger partial charge in [0.05, 0.1) is 13.2 Å². The number of phosphoric ester groups is 1. The van der Waals surface area contributed by atoms with E-state index in [-0.39, 0.29) is 12.8 Å². The quantitative estimate of drug-likeness (QED) is 0.0212. The maximum atomic E-state index is 12.3. The van der Waals surface area contributed by atoms with Crippen molar-refractivity contribution in [2.45, 2.75) is 187 Å². The zero-order chi connectivity index (χ0) is 36.4. The Kier molecular flexibility index (Phi) is 32.2. The molecule has 12 heteroatoms. The molecule has 4 N–H and O–H groups in total. The minimum Gasteiger partial charge on any atom is -0.480 e. The van der Waals surface area contributed by atoms with Gasteiger partial charge in [-0.05, 0) is 32.1 Å². The summed E-state index contributed by atoms with van der Waals surface area (Å²) in [6, 6.07) is -1.54. The molecule has 0 aromatic carbocycles. The van der Waals surface area contributed by atoms with Crippen LogP contribution in [0.3, 0.4) is 0 Å². The summed E-state index contributed by atoms with van der Waals surface area (Å²) in [6.45, 7) is 2.50. The van der Waals surface area contributed by atoms with Crippen LogP contribution in [0.2, 0.25) is 0 Å². The number of unbranched alkanes of at least 4 members (excludes halogenated alkanes) is 20.